The van der Waals surface area contributed by atoms with Gasteiger partial charge in [0, 0.05) is 23.4 Å². The van der Waals surface area contributed by atoms with Crippen molar-refractivity contribution in [2.24, 2.45) is 5.92 Å². The minimum Gasteiger partial charge on any atom is -0.382 e. The first-order chi connectivity index (χ1) is 8.56. The van der Waals surface area contributed by atoms with Crippen molar-refractivity contribution in [2.75, 3.05) is 5.32 Å². The Labute approximate surface area is 108 Å². The Morgan fingerprint density at radius 1 is 1.28 bits per heavy atom. The van der Waals surface area contributed by atoms with Crippen molar-refractivity contribution in [2.45, 2.75) is 45.6 Å². The molecule has 0 amide bonds. The number of rotatable bonds is 3. The van der Waals surface area contributed by atoms with Gasteiger partial charge < -0.3 is 5.32 Å². The number of anilines is 1. The molecule has 4 heteroatoms. The van der Waals surface area contributed by atoms with Gasteiger partial charge in [0.05, 0.1) is 4.92 Å². The molecule has 0 atom stereocenters. The lowest BCUT2D eigenvalue weighted by Crippen LogP contribution is -2.25. The van der Waals surface area contributed by atoms with Gasteiger partial charge in [-0.15, -0.1) is 0 Å². The summed E-state index contributed by atoms with van der Waals surface area (Å²) in [6.45, 7) is 4.08. The van der Waals surface area contributed by atoms with Gasteiger partial charge >= 0.3 is 0 Å². The van der Waals surface area contributed by atoms with Gasteiger partial charge in [0.1, 0.15) is 0 Å². The first kappa shape index (κ1) is 12.9. The van der Waals surface area contributed by atoms with E-state index in [4.69, 9.17) is 0 Å². The standard InChI is InChI=1S/C14H20N2O2/c1-10-3-5-12(6-4-10)15-13-7-8-14(16(17)18)11(2)9-13/h7-10,12,15H,3-6H2,1-2H3. The van der Waals surface area contributed by atoms with Crippen molar-refractivity contribution in [1.29, 1.82) is 0 Å². The number of hydrogen-bond donors (Lipinski definition) is 1. The number of nitrogens with one attached hydrogen (secondary N) is 1. The summed E-state index contributed by atoms with van der Waals surface area (Å²) in [5.41, 5.74) is 1.91. The van der Waals surface area contributed by atoms with E-state index in [0.717, 1.165) is 11.6 Å². The van der Waals surface area contributed by atoms with Crippen molar-refractivity contribution in [3.05, 3.63) is 33.9 Å². The van der Waals surface area contributed by atoms with Crippen LogP contribution < -0.4 is 5.32 Å². The lowest BCUT2D eigenvalue weighted by atomic mass is 9.87. The molecule has 0 aromatic heterocycles. The van der Waals surface area contributed by atoms with Crippen molar-refractivity contribution in [1.82, 2.24) is 0 Å². The van der Waals surface area contributed by atoms with Crippen LogP contribution in [0.2, 0.25) is 0 Å². The van der Waals surface area contributed by atoms with Gasteiger partial charge in [0.15, 0.2) is 0 Å². The van der Waals surface area contributed by atoms with E-state index in [1.807, 2.05) is 12.1 Å². The van der Waals surface area contributed by atoms with E-state index in [2.05, 4.69) is 12.2 Å². The summed E-state index contributed by atoms with van der Waals surface area (Å²) in [7, 11) is 0. The first-order valence-electron chi connectivity index (χ1n) is 6.58. The maximum absolute atomic E-state index is 10.7. The average Bonchev–Trinajstić information content (AvgIpc) is 2.32. The summed E-state index contributed by atoms with van der Waals surface area (Å²) >= 11 is 0. The quantitative estimate of drug-likeness (QED) is 0.652. The molecule has 0 heterocycles. The molecule has 0 unspecified atom stereocenters. The van der Waals surface area contributed by atoms with Crippen molar-refractivity contribution < 1.29 is 4.92 Å². The van der Waals surface area contributed by atoms with E-state index in [1.54, 1.807) is 13.0 Å². The number of aryl methyl sites for hydroxylation is 1. The minimum atomic E-state index is -0.332. The Bertz CT molecular complexity index is 437. The second-order valence-corrected chi connectivity index (χ2v) is 5.36. The molecule has 18 heavy (non-hydrogen) atoms. The van der Waals surface area contributed by atoms with Gasteiger partial charge in [-0.3, -0.25) is 10.1 Å². The van der Waals surface area contributed by atoms with Crippen LogP contribution in [0.15, 0.2) is 18.2 Å². The summed E-state index contributed by atoms with van der Waals surface area (Å²) < 4.78 is 0. The second kappa shape index (κ2) is 5.38. The largest absolute Gasteiger partial charge is 0.382 e. The summed E-state index contributed by atoms with van der Waals surface area (Å²) in [5.74, 6) is 0.835. The zero-order valence-electron chi connectivity index (χ0n) is 11.0. The molecule has 1 aliphatic carbocycles. The molecule has 1 fully saturated rings. The third kappa shape index (κ3) is 3.00. The fourth-order valence-electron chi connectivity index (χ4n) is 2.59. The highest BCUT2D eigenvalue weighted by Crippen LogP contribution is 2.27. The predicted octanol–water partition coefficient (Wildman–Crippen LogP) is 3.89. The van der Waals surface area contributed by atoms with Crippen molar-refractivity contribution in [3.8, 4) is 0 Å². The molecule has 1 aliphatic rings. The SMILES string of the molecule is Cc1cc(NC2CCC(C)CC2)ccc1[N+](=O)[O-]. The topological polar surface area (TPSA) is 55.2 Å². The Balaban J connectivity index is 2.02. The van der Waals surface area contributed by atoms with Gasteiger partial charge in [-0.1, -0.05) is 6.92 Å². The molecule has 0 saturated heterocycles. The Kier molecular flexibility index (Phi) is 3.84. The average molecular weight is 248 g/mol. The van der Waals surface area contributed by atoms with Crippen LogP contribution in [0.5, 0.6) is 0 Å². The van der Waals surface area contributed by atoms with Gasteiger partial charge in [-0.25, -0.2) is 0 Å². The van der Waals surface area contributed by atoms with Crippen LogP contribution in [0.25, 0.3) is 0 Å². The molecule has 4 nitrogen and oxygen atoms in total. The highest BCUT2D eigenvalue weighted by Gasteiger charge is 2.18. The number of nitro benzene ring substituents is 1. The van der Waals surface area contributed by atoms with Gasteiger partial charge in [-0.2, -0.15) is 0 Å². The summed E-state index contributed by atoms with van der Waals surface area (Å²) in [5, 5.41) is 14.2. The number of nitrogens with zero attached hydrogens (tertiary/aromatic N) is 1. The summed E-state index contributed by atoms with van der Waals surface area (Å²) in [4.78, 5) is 10.4. The van der Waals surface area contributed by atoms with E-state index < -0.39 is 0 Å². The molecular formula is C14H20N2O2. The second-order valence-electron chi connectivity index (χ2n) is 5.36. The normalized spacial score (nSPS) is 23.7. The Morgan fingerprint density at radius 2 is 1.94 bits per heavy atom. The van der Waals surface area contributed by atoms with Gasteiger partial charge in [-0.05, 0) is 50.7 Å². The van der Waals surface area contributed by atoms with Crippen LogP contribution in [0.3, 0.4) is 0 Å². The molecule has 0 aliphatic heterocycles. The van der Waals surface area contributed by atoms with Crippen LogP contribution >= 0.6 is 0 Å². The monoisotopic (exact) mass is 248 g/mol. The minimum absolute atomic E-state index is 0.192. The maximum Gasteiger partial charge on any atom is 0.272 e. The van der Waals surface area contributed by atoms with Crippen LogP contribution in [0.1, 0.15) is 38.2 Å². The van der Waals surface area contributed by atoms with Gasteiger partial charge in [0.25, 0.3) is 5.69 Å². The highest BCUT2D eigenvalue weighted by atomic mass is 16.6. The molecule has 98 valence electrons. The van der Waals surface area contributed by atoms with Gasteiger partial charge in [0.2, 0.25) is 0 Å². The highest BCUT2D eigenvalue weighted by molar-refractivity contribution is 5.54. The zero-order valence-corrected chi connectivity index (χ0v) is 11.0. The van der Waals surface area contributed by atoms with Crippen molar-refractivity contribution >= 4 is 11.4 Å². The third-order valence-corrected chi connectivity index (χ3v) is 3.78. The van der Waals surface area contributed by atoms with Crippen LogP contribution in [0, 0.1) is 23.0 Å². The Morgan fingerprint density at radius 3 is 2.50 bits per heavy atom. The zero-order chi connectivity index (χ0) is 13.1. The molecule has 2 rings (SSSR count). The lowest BCUT2D eigenvalue weighted by Gasteiger charge is -2.27. The smallest absolute Gasteiger partial charge is 0.272 e. The third-order valence-electron chi connectivity index (χ3n) is 3.78. The van der Waals surface area contributed by atoms with E-state index in [1.165, 1.54) is 25.7 Å². The van der Waals surface area contributed by atoms with Crippen molar-refractivity contribution in [3.63, 3.8) is 0 Å². The maximum atomic E-state index is 10.7. The Hall–Kier alpha value is -1.58. The van der Waals surface area contributed by atoms with Crippen LogP contribution in [0.4, 0.5) is 11.4 Å². The lowest BCUT2D eigenvalue weighted by molar-refractivity contribution is -0.385. The van der Waals surface area contributed by atoms with E-state index in [0.29, 0.717) is 11.6 Å². The molecule has 1 saturated carbocycles. The van der Waals surface area contributed by atoms with Crippen LogP contribution in [-0.2, 0) is 0 Å². The number of nitro groups is 1. The summed E-state index contributed by atoms with van der Waals surface area (Å²) in [6, 6.07) is 5.78. The fraction of sp³-hybridized carbons (Fsp3) is 0.571. The van der Waals surface area contributed by atoms with E-state index in [-0.39, 0.29) is 10.6 Å². The molecule has 1 aromatic rings. The number of benzene rings is 1. The van der Waals surface area contributed by atoms with E-state index in [9.17, 15) is 10.1 Å². The summed E-state index contributed by atoms with van der Waals surface area (Å²) in [6.07, 6.45) is 4.92. The molecule has 0 spiro atoms. The predicted molar refractivity (Wildman–Crippen MR) is 72.9 cm³/mol. The molecule has 1 N–H and O–H groups in total. The fourth-order valence-corrected chi connectivity index (χ4v) is 2.59. The molecule has 1 aromatic carbocycles. The molecule has 0 bridgehead atoms. The van der Waals surface area contributed by atoms with Crippen LogP contribution in [-0.4, -0.2) is 11.0 Å². The molecular weight excluding hydrogens is 228 g/mol. The first-order valence-corrected chi connectivity index (χ1v) is 6.58. The van der Waals surface area contributed by atoms with E-state index >= 15 is 0 Å². The number of hydrogen-bond acceptors (Lipinski definition) is 3. The molecule has 0 radical (unpaired) electrons.